The zero-order chi connectivity index (χ0) is 19.5. The molecule has 146 valence electrons. The molecular weight excluding hydrogens is 354 g/mol. The van der Waals surface area contributed by atoms with Crippen LogP contribution < -0.4 is 15.0 Å². The van der Waals surface area contributed by atoms with Crippen molar-refractivity contribution in [3.05, 3.63) is 60.2 Å². The SMILES string of the molecule is CC(=O)N1C[C@@H](C(=O)N[C@H]2CCN(Cc3ccccc3)C2)Oc2ccccc21. The van der Waals surface area contributed by atoms with Crippen LogP contribution in [0.15, 0.2) is 54.6 Å². The van der Waals surface area contributed by atoms with Gasteiger partial charge in [-0.25, -0.2) is 0 Å². The minimum absolute atomic E-state index is 0.0940. The third kappa shape index (κ3) is 4.02. The Kier molecular flexibility index (Phi) is 5.30. The summed E-state index contributed by atoms with van der Waals surface area (Å²) in [4.78, 5) is 28.8. The average Bonchev–Trinajstić information content (AvgIpc) is 3.14. The van der Waals surface area contributed by atoms with E-state index in [9.17, 15) is 9.59 Å². The fourth-order valence-electron chi connectivity index (χ4n) is 3.90. The quantitative estimate of drug-likeness (QED) is 0.885. The van der Waals surface area contributed by atoms with Gasteiger partial charge in [0.2, 0.25) is 5.91 Å². The molecule has 4 rings (SSSR count). The molecule has 2 aliphatic heterocycles. The molecule has 2 heterocycles. The first-order chi connectivity index (χ1) is 13.6. The predicted octanol–water partition coefficient (Wildman–Crippen LogP) is 2.19. The van der Waals surface area contributed by atoms with Crippen molar-refractivity contribution in [2.45, 2.75) is 32.0 Å². The number of likely N-dealkylation sites (tertiary alicyclic amines) is 1. The van der Waals surface area contributed by atoms with E-state index in [1.807, 2.05) is 36.4 Å². The Morgan fingerprint density at radius 3 is 2.61 bits per heavy atom. The average molecular weight is 379 g/mol. The number of rotatable bonds is 4. The smallest absolute Gasteiger partial charge is 0.263 e. The van der Waals surface area contributed by atoms with Gasteiger partial charge in [-0.1, -0.05) is 42.5 Å². The van der Waals surface area contributed by atoms with Gasteiger partial charge in [-0.3, -0.25) is 14.5 Å². The number of hydrogen-bond donors (Lipinski definition) is 1. The van der Waals surface area contributed by atoms with E-state index in [2.05, 4.69) is 22.3 Å². The van der Waals surface area contributed by atoms with E-state index >= 15 is 0 Å². The van der Waals surface area contributed by atoms with Crippen LogP contribution in [-0.2, 0) is 16.1 Å². The number of anilines is 1. The van der Waals surface area contributed by atoms with E-state index in [1.54, 1.807) is 11.0 Å². The number of ether oxygens (including phenoxy) is 1. The maximum atomic E-state index is 12.8. The van der Waals surface area contributed by atoms with Gasteiger partial charge in [0.25, 0.3) is 5.91 Å². The normalized spacial score (nSPS) is 21.7. The summed E-state index contributed by atoms with van der Waals surface area (Å²) in [6.07, 6.45) is 0.222. The zero-order valence-electron chi connectivity index (χ0n) is 16.0. The minimum atomic E-state index is -0.693. The number of fused-ring (bicyclic) bond motifs is 1. The van der Waals surface area contributed by atoms with Crippen molar-refractivity contribution in [1.82, 2.24) is 10.2 Å². The minimum Gasteiger partial charge on any atom is -0.477 e. The summed E-state index contributed by atoms with van der Waals surface area (Å²) in [6, 6.07) is 17.8. The van der Waals surface area contributed by atoms with Crippen LogP contribution in [0.1, 0.15) is 18.9 Å². The number of para-hydroxylation sites is 2. The molecule has 1 saturated heterocycles. The second-order valence-corrected chi connectivity index (χ2v) is 7.42. The van der Waals surface area contributed by atoms with Gasteiger partial charge in [0, 0.05) is 32.6 Å². The summed E-state index contributed by atoms with van der Waals surface area (Å²) in [6.45, 7) is 4.40. The number of nitrogens with one attached hydrogen (secondary N) is 1. The van der Waals surface area contributed by atoms with Gasteiger partial charge in [-0.05, 0) is 24.1 Å². The molecule has 0 unspecified atom stereocenters. The largest absolute Gasteiger partial charge is 0.477 e. The number of benzene rings is 2. The zero-order valence-corrected chi connectivity index (χ0v) is 16.0. The Bertz CT molecular complexity index is 855. The molecule has 2 aromatic rings. The van der Waals surface area contributed by atoms with Crippen LogP contribution in [0.4, 0.5) is 5.69 Å². The van der Waals surface area contributed by atoms with E-state index < -0.39 is 6.10 Å². The molecule has 0 bridgehead atoms. The number of amides is 2. The Morgan fingerprint density at radius 1 is 1.07 bits per heavy atom. The maximum absolute atomic E-state index is 12.8. The van der Waals surface area contributed by atoms with Crippen LogP contribution in [0.3, 0.4) is 0 Å². The Hall–Kier alpha value is -2.86. The first kappa shape index (κ1) is 18.5. The van der Waals surface area contributed by atoms with Gasteiger partial charge < -0.3 is 15.0 Å². The molecule has 2 aliphatic rings. The molecular formula is C22H25N3O3. The Balaban J connectivity index is 1.36. The van der Waals surface area contributed by atoms with E-state index in [0.717, 1.165) is 26.1 Å². The van der Waals surface area contributed by atoms with Crippen molar-refractivity contribution >= 4 is 17.5 Å². The Labute approximate surface area is 165 Å². The number of carbonyl (C=O) groups excluding carboxylic acids is 2. The van der Waals surface area contributed by atoms with Crippen molar-refractivity contribution in [1.29, 1.82) is 0 Å². The third-order valence-electron chi connectivity index (χ3n) is 5.31. The van der Waals surface area contributed by atoms with Crippen LogP contribution in [-0.4, -0.2) is 48.5 Å². The highest BCUT2D eigenvalue weighted by atomic mass is 16.5. The van der Waals surface area contributed by atoms with Crippen LogP contribution in [0.25, 0.3) is 0 Å². The van der Waals surface area contributed by atoms with E-state index in [-0.39, 0.29) is 24.4 Å². The standard InChI is InChI=1S/C22H25N3O3/c1-16(26)25-15-21(28-20-10-6-5-9-19(20)25)22(27)23-18-11-12-24(14-18)13-17-7-3-2-4-8-17/h2-10,18,21H,11-15H2,1H3,(H,23,27)/t18-,21-/m0/s1. The van der Waals surface area contributed by atoms with Crippen LogP contribution in [0, 0.1) is 0 Å². The number of nitrogens with zero attached hydrogens (tertiary/aromatic N) is 2. The van der Waals surface area contributed by atoms with Gasteiger partial charge in [0.1, 0.15) is 5.75 Å². The second kappa shape index (κ2) is 8.02. The lowest BCUT2D eigenvalue weighted by Crippen LogP contribution is -2.52. The lowest BCUT2D eigenvalue weighted by Gasteiger charge is -2.34. The molecule has 1 fully saturated rings. The lowest BCUT2D eigenvalue weighted by molar-refractivity contribution is -0.128. The van der Waals surface area contributed by atoms with Gasteiger partial charge in [-0.2, -0.15) is 0 Å². The van der Waals surface area contributed by atoms with Gasteiger partial charge in [0.15, 0.2) is 6.10 Å². The summed E-state index contributed by atoms with van der Waals surface area (Å²) in [5.74, 6) is 0.317. The van der Waals surface area contributed by atoms with Crippen molar-refractivity contribution in [2.75, 3.05) is 24.5 Å². The fraction of sp³-hybridized carbons (Fsp3) is 0.364. The van der Waals surface area contributed by atoms with Gasteiger partial charge >= 0.3 is 0 Å². The summed E-state index contributed by atoms with van der Waals surface area (Å²) >= 11 is 0. The summed E-state index contributed by atoms with van der Waals surface area (Å²) < 4.78 is 5.89. The molecule has 1 N–H and O–H groups in total. The second-order valence-electron chi connectivity index (χ2n) is 7.42. The summed E-state index contributed by atoms with van der Waals surface area (Å²) in [5.41, 5.74) is 1.99. The van der Waals surface area contributed by atoms with Crippen LogP contribution in [0.2, 0.25) is 0 Å². The molecule has 0 aliphatic carbocycles. The van der Waals surface area contributed by atoms with Crippen LogP contribution in [0.5, 0.6) is 5.75 Å². The molecule has 6 nitrogen and oxygen atoms in total. The van der Waals surface area contributed by atoms with Gasteiger partial charge in [0.05, 0.1) is 12.2 Å². The van der Waals surface area contributed by atoms with Crippen LogP contribution >= 0.6 is 0 Å². The van der Waals surface area contributed by atoms with Crippen molar-refractivity contribution in [3.63, 3.8) is 0 Å². The van der Waals surface area contributed by atoms with E-state index in [0.29, 0.717) is 11.4 Å². The summed E-state index contributed by atoms with van der Waals surface area (Å²) in [5, 5.41) is 3.11. The molecule has 2 amide bonds. The Morgan fingerprint density at radius 2 is 1.82 bits per heavy atom. The molecule has 0 saturated carbocycles. The lowest BCUT2D eigenvalue weighted by atomic mass is 10.1. The molecule has 2 atom stereocenters. The fourth-order valence-corrected chi connectivity index (χ4v) is 3.90. The third-order valence-corrected chi connectivity index (χ3v) is 5.31. The monoisotopic (exact) mass is 379 g/mol. The highest BCUT2D eigenvalue weighted by Crippen LogP contribution is 2.33. The summed E-state index contributed by atoms with van der Waals surface area (Å²) in [7, 11) is 0. The van der Waals surface area contributed by atoms with E-state index in [4.69, 9.17) is 4.74 Å². The highest BCUT2D eigenvalue weighted by molar-refractivity contribution is 5.95. The number of hydrogen-bond acceptors (Lipinski definition) is 4. The van der Waals surface area contributed by atoms with Crippen molar-refractivity contribution < 1.29 is 14.3 Å². The first-order valence-corrected chi connectivity index (χ1v) is 9.70. The number of carbonyl (C=O) groups is 2. The maximum Gasteiger partial charge on any atom is 0.263 e. The molecule has 0 spiro atoms. The highest BCUT2D eigenvalue weighted by Gasteiger charge is 2.34. The molecule has 6 heteroatoms. The molecule has 28 heavy (non-hydrogen) atoms. The molecule has 0 aromatic heterocycles. The topological polar surface area (TPSA) is 61.9 Å². The predicted molar refractivity (Wildman–Crippen MR) is 107 cm³/mol. The molecule has 0 radical (unpaired) electrons. The van der Waals surface area contributed by atoms with Crippen molar-refractivity contribution in [3.8, 4) is 5.75 Å². The van der Waals surface area contributed by atoms with E-state index in [1.165, 1.54) is 12.5 Å². The van der Waals surface area contributed by atoms with Crippen molar-refractivity contribution in [2.24, 2.45) is 0 Å². The first-order valence-electron chi connectivity index (χ1n) is 9.70. The van der Waals surface area contributed by atoms with Gasteiger partial charge in [-0.15, -0.1) is 0 Å². The molecule has 2 aromatic carbocycles.